The van der Waals surface area contributed by atoms with Crippen LogP contribution in [0.3, 0.4) is 0 Å². The van der Waals surface area contributed by atoms with E-state index in [1.54, 1.807) is 13.8 Å². The Morgan fingerprint density at radius 2 is 1.61 bits per heavy atom. The fourth-order valence-corrected chi connectivity index (χ4v) is 4.45. The number of carbonyl (C=O) groups is 3. The summed E-state index contributed by atoms with van der Waals surface area (Å²) in [6, 6.07) is 0.398. The fraction of sp³-hybridized carbons (Fsp3) is 0.700. The zero-order valence-electron chi connectivity index (χ0n) is 28.0. The third kappa shape index (κ3) is 15.9. The van der Waals surface area contributed by atoms with Crippen molar-refractivity contribution in [3.05, 3.63) is 22.1 Å². The number of ether oxygens (including phenoxy) is 1. The number of aliphatic hydroxyl groups excluding tert-OH is 1. The van der Waals surface area contributed by atoms with Crippen LogP contribution in [0.15, 0.2) is 20.8 Å². The Hall–Kier alpha value is -3.89. The van der Waals surface area contributed by atoms with Crippen molar-refractivity contribution in [3.63, 3.8) is 0 Å². The molecule has 0 radical (unpaired) electrons. The van der Waals surface area contributed by atoms with Gasteiger partial charge < -0.3 is 30.7 Å². The lowest BCUT2D eigenvalue weighted by Crippen LogP contribution is -2.42. The Labute approximate surface area is 270 Å². The molecular formula is C30H52N10O6. The predicted octanol–water partition coefficient (Wildman–Crippen LogP) is 1.47. The van der Waals surface area contributed by atoms with Crippen molar-refractivity contribution >= 4 is 35.6 Å². The van der Waals surface area contributed by atoms with Crippen LogP contribution in [0.5, 0.6) is 0 Å². The quantitative estimate of drug-likeness (QED) is 0.115. The second-order valence-corrected chi connectivity index (χ2v) is 12.2. The minimum Gasteiger partial charge on any atom is -0.379 e. The van der Waals surface area contributed by atoms with E-state index in [1.165, 1.54) is 6.07 Å². The zero-order chi connectivity index (χ0) is 34.1. The number of aliphatic imine (C=N–C) groups is 2. The van der Waals surface area contributed by atoms with E-state index in [2.05, 4.69) is 51.4 Å². The molecule has 0 fully saturated rings. The van der Waals surface area contributed by atoms with Crippen molar-refractivity contribution in [2.45, 2.75) is 86.0 Å². The lowest BCUT2D eigenvalue weighted by molar-refractivity contribution is -0.130. The number of aliphatic hydroxyl groups is 1. The van der Waals surface area contributed by atoms with Gasteiger partial charge in [0.15, 0.2) is 6.23 Å². The first-order chi connectivity index (χ1) is 21.7. The molecule has 2 heterocycles. The third-order valence-corrected chi connectivity index (χ3v) is 6.98. The van der Waals surface area contributed by atoms with Gasteiger partial charge in [0.1, 0.15) is 0 Å². The van der Waals surface area contributed by atoms with E-state index in [0.717, 1.165) is 6.42 Å². The molecule has 1 unspecified atom stereocenters. The summed E-state index contributed by atoms with van der Waals surface area (Å²) in [5, 5.41) is 23.4. The van der Waals surface area contributed by atoms with E-state index < -0.39 is 23.7 Å². The monoisotopic (exact) mass is 648 g/mol. The number of rotatable bonds is 18. The van der Waals surface area contributed by atoms with Crippen molar-refractivity contribution in [2.24, 2.45) is 15.4 Å². The fourth-order valence-electron chi connectivity index (χ4n) is 4.45. The van der Waals surface area contributed by atoms with Crippen LogP contribution in [0.25, 0.3) is 0 Å². The van der Waals surface area contributed by atoms with Crippen molar-refractivity contribution in [3.8, 4) is 0 Å². The summed E-state index contributed by atoms with van der Waals surface area (Å²) >= 11 is 0. The van der Waals surface area contributed by atoms with Gasteiger partial charge in [-0.2, -0.15) is 0 Å². The highest BCUT2D eigenvalue weighted by molar-refractivity contribution is 6.04. The first-order valence-electron chi connectivity index (χ1n) is 15.8. The Balaban J connectivity index is 1.80. The highest BCUT2D eigenvalue weighted by Crippen LogP contribution is 2.20. The number of amides is 5. The summed E-state index contributed by atoms with van der Waals surface area (Å²) < 4.78 is 5.61. The number of aryl methyl sites for hydroxylation is 1. The number of guanidine groups is 1. The van der Waals surface area contributed by atoms with Crippen molar-refractivity contribution < 1.29 is 24.2 Å². The normalized spacial score (nSPS) is 14.8. The number of nitrogens with zero attached hydrogens (tertiary/aromatic N) is 4. The highest BCUT2D eigenvalue weighted by atomic mass is 16.5. The second-order valence-electron chi connectivity index (χ2n) is 12.2. The molecule has 0 saturated carbocycles. The van der Waals surface area contributed by atoms with E-state index >= 15 is 0 Å². The molecule has 0 bridgehead atoms. The number of hydrogen-bond acceptors (Lipinski definition) is 10. The van der Waals surface area contributed by atoms with Crippen LogP contribution < -0.4 is 32.1 Å². The van der Waals surface area contributed by atoms with Crippen LogP contribution in [0.4, 0.5) is 15.5 Å². The van der Waals surface area contributed by atoms with Gasteiger partial charge in [0.25, 0.3) is 5.56 Å². The summed E-state index contributed by atoms with van der Waals surface area (Å²) in [4.78, 5) is 65.7. The van der Waals surface area contributed by atoms with E-state index in [4.69, 9.17) is 4.74 Å². The smallest absolute Gasteiger partial charge is 0.321 e. The maximum absolute atomic E-state index is 12.8. The Morgan fingerprint density at radius 1 is 1.02 bits per heavy atom. The number of H-pyrrole nitrogens is 1. The number of aromatic amines is 1. The van der Waals surface area contributed by atoms with E-state index in [-0.39, 0.29) is 29.5 Å². The van der Waals surface area contributed by atoms with Gasteiger partial charge >= 0.3 is 12.1 Å². The average Bonchev–Trinajstić information content (AvgIpc) is 2.93. The molecule has 0 spiro atoms. The molecule has 7 N–H and O–H groups in total. The predicted molar refractivity (Wildman–Crippen MR) is 177 cm³/mol. The lowest BCUT2D eigenvalue weighted by atomic mass is 9.88. The molecular weight excluding hydrogens is 596 g/mol. The van der Waals surface area contributed by atoms with Gasteiger partial charge in [-0.15, -0.1) is 0 Å². The molecule has 1 aromatic rings. The molecule has 16 nitrogen and oxygen atoms in total. The molecule has 1 aliphatic heterocycles. The molecule has 0 aromatic carbocycles. The van der Waals surface area contributed by atoms with Crippen LogP contribution in [0, 0.1) is 12.3 Å². The van der Waals surface area contributed by atoms with E-state index in [9.17, 15) is 24.3 Å². The molecule has 258 valence electrons. The van der Waals surface area contributed by atoms with E-state index in [0.29, 0.717) is 83.0 Å². The molecule has 0 saturated heterocycles. The number of hydrogen-bond donors (Lipinski definition) is 7. The maximum Gasteiger partial charge on any atom is 0.321 e. The molecule has 0 aliphatic carbocycles. The number of aromatic nitrogens is 2. The second kappa shape index (κ2) is 19.6. The summed E-state index contributed by atoms with van der Waals surface area (Å²) in [7, 11) is 0. The Bertz CT molecular complexity index is 1260. The van der Waals surface area contributed by atoms with Crippen molar-refractivity contribution in [1.29, 1.82) is 0 Å². The SMILES string of the molecule is CC1=NC(NC(=O)NCCCN(CCCNC(=O)Nc2nc(C)cc(=O)[nH]2)CCCNC(=O)C(C)(C)CCOC(C)C)=NC(O)C1. The van der Waals surface area contributed by atoms with E-state index in [1.807, 2.05) is 27.7 Å². The standard InChI is InChI=1S/C30H52N10O6/c1-20(2)46-17-10-30(5,6)25(43)31-11-7-14-40(15-8-12-32-28(44)38-26-34-21(3)18-23(41)36-26)16-9-13-33-29(45)39-27-35-22(4)19-24(42)37-27/h18,20,24,42H,7-17,19H2,1-6H3,(H,31,43)(H2,33,37,39,45)(H3,32,34,36,38,41,44). The van der Waals surface area contributed by atoms with Gasteiger partial charge in [-0.3, -0.25) is 25.2 Å². The molecule has 2 rings (SSSR count). The maximum atomic E-state index is 12.8. The largest absolute Gasteiger partial charge is 0.379 e. The first-order valence-corrected chi connectivity index (χ1v) is 15.8. The highest BCUT2D eigenvalue weighted by Gasteiger charge is 2.27. The summed E-state index contributed by atoms with van der Waals surface area (Å²) in [6.07, 6.45) is 2.18. The summed E-state index contributed by atoms with van der Waals surface area (Å²) in [5.74, 6) is 0.136. The van der Waals surface area contributed by atoms with Gasteiger partial charge in [-0.25, -0.2) is 24.6 Å². The third-order valence-electron chi connectivity index (χ3n) is 6.98. The molecule has 1 aliphatic rings. The van der Waals surface area contributed by atoms with Crippen molar-refractivity contribution in [1.82, 2.24) is 36.1 Å². The number of nitrogens with one attached hydrogen (secondary N) is 6. The molecule has 1 atom stereocenters. The molecule has 5 amide bonds. The topological polar surface area (TPSA) is 215 Å². The van der Waals surface area contributed by atoms with Crippen LogP contribution in [0.2, 0.25) is 0 Å². The van der Waals surface area contributed by atoms with Crippen LogP contribution in [-0.2, 0) is 9.53 Å². The van der Waals surface area contributed by atoms with Crippen LogP contribution in [0.1, 0.15) is 72.4 Å². The molecule has 1 aromatic heterocycles. The Morgan fingerprint density at radius 3 is 2.17 bits per heavy atom. The van der Waals surface area contributed by atoms with Gasteiger partial charge in [0, 0.05) is 55.5 Å². The molecule has 16 heteroatoms. The first kappa shape index (κ1) is 38.3. The minimum absolute atomic E-state index is 0.0177. The zero-order valence-corrected chi connectivity index (χ0v) is 28.0. The molecule has 46 heavy (non-hydrogen) atoms. The van der Waals surface area contributed by atoms with Crippen LogP contribution >= 0.6 is 0 Å². The summed E-state index contributed by atoms with van der Waals surface area (Å²) in [6.45, 7) is 15.0. The lowest BCUT2D eigenvalue weighted by Gasteiger charge is -2.25. The van der Waals surface area contributed by atoms with Gasteiger partial charge in [-0.05, 0) is 73.0 Å². The van der Waals surface area contributed by atoms with Gasteiger partial charge in [0.2, 0.25) is 17.8 Å². The van der Waals surface area contributed by atoms with Gasteiger partial charge in [0.05, 0.1) is 6.10 Å². The minimum atomic E-state index is -0.917. The number of carbonyl (C=O) groups excluding carboxylic acids is 3. The van der Waals surface area contributed by atoms with Crippen molar-refractivity contribution in [2.75, 3.05) is 51.2 Å². The Kier molecular flexibility index (Phi) is 16.3. The summed E-state index contributed by atoms with van der Waals surface area (Å²) in [5.41, 5.74) is 0.281. The number of urea groups is 2. The van der Waals surface area contributed by atoms with Gasteiger partial charge in [-0.1, -0.05) is 13.8 Å². The average molecular weight is 649 g/mol. The van der Waals surface area contributed by atoms with Crippen LogP contribution in [-0.4, -0.2) is 108 Å². The number of anilines is 1.